The molecule has 0 aromatic rings. The van der Waals surface area contributed by atoms with Crippen molar-refractivity contribution < 1.29 is 13.2 Å². The van der Waals surface area contributed by atoms with Gasteiger partial charge in [0.25, 0.3) is 0 Å². The van der Waals surface area contributed by atoms with Crippen LogP contribution in [0.2, 0.25) is 0 Å². The molecule has 1 amide bonds. The summed E-state index contributed by atoms with van der Waals surface area (Å²) in [5, 5.41) is 0. The predicted molar refractivity (Wildman–Crippen MR) is 73.5 cm³/mol. The Bertz CT molecular complexity index is 438. The molecule has 2 fully saturated rings. The minimum absolute atomic E-state index is 0.0266. The van der Waals surface area contributed by atoms with E-state index in [1.54, 1.807) is 4.90 Å². The molecular formula is C12H23N3O3S. The summed E-state index contributed by atoms with van der Waals surface area (Å²) in [5.41, 5.74) is 5.82. The van der Waals surface area contributed by atoms with Crippen molar-refractivity contribution in [3.8, 4) is 0 Å². The third kappa shape index (κ3) is 3.67. The lowest BCUT2D eigenvalue weighted by Crippen LogP contribution is -2.46. The smallest absolute Gasteiger partial charge is 0.237 e. The molecule has 2 heterocycles. The second-order valence-corrected chi connectivity index (χ2v) is 7.75. The number of carbonyl (C=O) groups excluding carboxylic acids is 1. The molecule has 2 aliphatic rings. The van der Waals surface area contributed by atoms with Gasteiger partial charge in [-0.2, -0.15) is 0 Å². The van der Waals surface area contributed by atoms with Crippen LogP contribution < -0.4 is 5.73 Å². The van der Waals surface area contributed by atoms with Crippen LogP contribution in [0, 0.1) is 0 Å². The van der Waals surface area contributed by atoms with E-state index in [0.29, 0.717) is 19.5 Å². The topological polar surface area (TPSA) is 83.7 Å². The normalized spacial score (nSPS) is 30.6. The molecule has 7 heteroatoms. The highest BCUT2D eigenvalue weighted by Crippen LogP contribution is 2.18. The summed E-state index contributed by atoms with van der Waals surface area (Å²) in [5.74, 6) is 0.348. The number of nitrogens with zero attached hydrogens (tertiary/aromatic N) is 2. The summed E-state index contributed by atoms with van der Waals surface area (Å²) in [6.07, 6.45) is 1.50. The minimum atomic E-state index is -2.95. The standard InChI is InChI=1S/C12H23N3O3S/c1-2-15(11-4-6-19(17,18)9-11)12(16)8-14-5-3-10(13)7-14/h10-11H,2-9,13H2,1H3. The highest BCUT2D eigenvalue weighted by Gasteiger charge is 2.34. The highest BCUT2D eigenvalue weighted by molar-refractivity contribution is 7.91. The van der Waals surface area contributed by atoms with Gasteiger partial charge in [-0.3, -0.25) is 9.69 Å². The second kappa shape index (κ2) is 5.76. The molecule has 19 heavy (non-hydrogen) atoms. The van der Waals surface area contributed by atoms with Gasteiger partial charge < -0.3 is 10.6 Å². The van der Waals surface area contributed by atoms with Gasteiger partial charge >= 0.3 is 0 Å². The molecule has 2 aliphatic heterocycles. The van der Waals surface area contributed by atoms with Crippen LogP contribution in [0.15, 0.2) is 0 Å². The van der Waals surface area contributed by atoms with Crippen LogP contribution >= 0.6 is 0 Å². The maximum atomic E-state index is 12.3. The Balaban J connectivity index is 1.92. The first-order valence-corrected chi connectivity index (χ1v) is 8.71. The molecule has 2 saturated heterocycles. The first kappa shape index (κ1) is 14.7. The Morgan fingerprint density at radius 2 is 2.16 bits per heavy atom. The maximum absolute atomic E-state index is 12.3. The fourth-order valence-corrected chi connectivity index (χ4v) is 4.68. The van der Waals surface area contributed by atoms with E-state index in [-0.39, 0.29) is 29.5 Å². The number of carbonyl (C=O) groups is 1. The van der Waals surface area contributed by atoms with Crippen molar-refractivity contribution in [1.29, 1.82) is 0 Å². The monoisotopic (exact) mass is 289 g/mol. The lowest BCUT2D eigenvalue weighted by molar-refractivity contribution is -0.133. The molecule has 2 rings (SSSR count). The van der Waals surface area contributed by atoms with Crippen molar-refractivity contribution in [3.05, 3.63) is 0 Å². The Hall–Kier alpha value is -0.660. The van der Waals surface area contributed by atoms with Crippen LogP contribution in [0.4, 0.5) is 0 Å². The summed E-state index contributed by atoms with van der Waals surface area (Å²) in [7, 11) is -2.95. The molecule has 0 aromatic carbocycles. The first-order valence-electron chi connectivity index (χ1n) is 6.89. The molecule has 110 valence electrons. The van der Waals surface area contributed by atoms with Crippen LogP contribution in [0.1, 0.15) is 19.8 Å². The van der Waals surface area contributed by atoms with Gasteiger partial charge in [-0.25, -0.2) is 8.42 Å². The number of amides is 1. The van der Waals surface area contributed by atoms with Gasteiger partial charge in [-0.15, -0.1) is 0 Å². The fraction of sp³-hybridized carbons (Fsp3) is 0.917. The van der Waals surface area contributed by atoms with E-state index in [1.165, 1.54) is 0 Å². The molecule has 0 saturated carbocycles. The van der Waals surface area contributed by atoms with Gasteiger partial charge in [0, 0.05) is 31.7 Å². The number of hydrogen-bond acceptors (Lipinski definition) is 5. The van der Waals surface area contributed by atoms with Crippen molar-refractivity contribution in [3.63, 3.8) is 0 Å². The van der Waals surface area contributed by atoms with E-state index in [1.807, 2.05) is 6.92 Å². The summed E-state index contributed by atoms with van der Waals surface area (Å²) < 4.78 is 23.0. The largest absolute Gasteiger partial charge is 0.338 e. The van der Waals surface area contributed by atoms with Crippen molar-refractivity contribution in [2.75, 3.05) is 37.7 Å². The van der Waals surface area contributed by atoms with Gasteiger partial charge in [-0.1, -0.05) is 0 Å². The zero-order valence-corrected chi connectivity index (χ0v) is 12.2. The molecule has 6 nitrogen and oxygen atoms in total. The minimum Gasteiger partial charge on any atom is -0.338 e. The van der Waals surface area contributed by atoms with E-state index in [4.69, 9.17) is 5.73 Å². The summed E-state index contributed by atoms with van der Waals surface area (Å²) in [6.45, 7) is 4.44. The Labute approximate surface area is 114 Å². The Morgan fingerprint density at radius 1 is 1.42 bits per heavy atom. The van der Waals surface area contributed by atoms with Gasteiger partial charge in [-0.05, 0) is 19.8 Å². The highest BCUT2D eigenvalue weighted by atomic mass is 32.2. The van der Waals surface area contributed by atoms with Crippen molar-refractivity contribution in [2.45, 2.75) is 31.8 Å². The lowest BCUT2D eigenvalue weighted by atomic mass is 10.2. The number of nitrogens with two attached hydrogens (primary N) is 1. The molecule has 0 aliphatic carbocycles. The average Bonchev–Trinajstić information content (AvgIpc) is 2.86. The SMILES string of the molecule is CCN(C(=O)CN1CCC(N)C1)C1CCS(=O)(=O)C1. The lowest BCUT2D eigenvalue weighted by Gasteiger charge is -2.28. The summed E-state index contributed by atoms with van der Waals surface area (Å²) >= 11 is 0. The van der Waals surface area contributed by atoms with Crippen LogP contribution in [0.25, 0.3) is 0 Å². The summed E-state index contributed by atoms with van der Waals surface area (Å²) in [4.78, 5) is 16.1. The third-order valence-corrected chi connectivity index (χ3v) is 5.73. The molecule has 2 N–H and O–H groups in total. The molecule has 0 bridgehead atoms. The Morgan fingerprint density at radius 3 is 2.63 bits per heavy atom. The van der Waals surface area contributed by atoms with E-state index < -0.39 is 9.84 Å². The number of rotatable bonds is 4. The van der Waals surface area contributed by atoms with Crippen molar-refractivity contribution in [2.24, 2.45) is 5.73 Å². The molecule has 2 atom stereocenters. The zero-order chi connectivity index (χ0) is 14.0. The third-order valence-electron chi connectivity index (χ3n) is 3.98. The average molecular weight is 289 g/mol. The number of sulfone groups is 1. The molecule has 0 radical (unpaired) electrons. The van der Waals surface area contributed by atoms with Crippen molar-refractivity contribution in [1.82, 2.24) is 9.80 Å². The van der Waals surface area contributed by atoms with Gasteiger partial charge in [0.2, 0.25) is 5.91 Å². The number of likely N-dealkylation sites (tertiary alicyclic amines) is 1. The second-order valence-electron chi connectivity index (χ2n) is 5.52. The van der Waals surface area contributed by atoms with Gasteiger partial charge in [0.15, 0.2) is 9.84 Å². The predicted octanol–water partition coefficient (Wildman–Crippen LogP) is -0.945. The maximum Gasteiger partial charge on any atom is 0.237 e. The van der Waals surface area contributed by atoms with Gasteiger partial charge in [0.05, 0.1) is 18.1 Å². The van der Waals surface area contributed by atoms with E-state index in [2.05, 4.69) is 4.90 Å². The van der Waals surface area contributed by atoms with E-state index >= 15 is 0 Å². The number of hydrogen-bond donors (Lipinski definition) is 1. The van der Waals surface area contributed by atoms with E-state index in [0.717, 1.165) is 19.5 Å². The van der Waals surface area contributed by atoms with Crippen LogP contribution in [-0.2, 0) is 14.6 Å². The first-order chi connectivity index (χ1) is 8.91. The summed E-state index contributed by atoms with van der Waals surface area (Å²) in [6, 6.07) is 0.0218. The van der Waals surface area contributed by atoms with Crippen molar-refractivity contribution >= 4 is 15.7 Å². The molecule has 0 spiro atoms. The molecule has 2 unspecified atom stereocenters. The van der Waals surface area contributed by atoms with Crippen LogP contribution in [0.3, 0.4) is 0 Å². The fourth-order valence-electron chi connectivity index (χ4n) is 2.95. The van der Waals surface area contributed by atoms with Gasteiger partial charge in [0.1, 0.15) is 0 Å². The number of likely N-dealkylation sites (N-methyl/N-ethyl adjacent to an activating group) is 1. The quantitative estimate of drug-likeness (QED) is 0.722. The molecular weight excluding hydrogens is 266 g/mol. The Kier molecular flexibility index (Phi) is 4.47. The van der Waals surface area contributed by atoms with Crippen LogP contribution in [-0.4, -0.2) is 73.9 Å². The molecule has 0 aromatic heterocycles. The zero-order valence-electron chi connectivity index (χ0n) is 11.4. The van der Waals surface area contributed by atoms with Crippen LogP contribution in [0.5, 0.6) is 0 Å². The van der Waals surface area contributed by atoms with E-state index in [9.17, 15) is 13.2 Å².